The number of carbonyl (C=O) groups is 3. The molecule has 1 aliphatic heterocycles. The number of carbonyl (C=O) groups excluding carboxylic acids is 3. The minimum Gasteiger partial charge on any atom is -0.359 e. The number of benzene rings is 1. The van der Waals surface area contributed by atoms with Gasteiger partial charge in [0, 0.05) is 31.2 Å². The molecule has 7 heteroatoms. The van der Waals surface area contributed by atoms with E-state index in [1.165, 1.54) is 11.9 Å². The molecule has 142 valence electrons. The molecule has 2 heterocycles. The molecule has 1 aliphatic rings. The molecule has 2 N–H and O–H groups in total. The zero-order valence-corrected chi connectivity index (χ0v) is 16.0. The molecular formula is C20H24N4O3. The fourth-order valence-electron chi connectivity index (χ4n) is 3.45. The Balaban J connectivity index is 2.10. The van der Waals surface area contributed by atoms with Gasteiger partial charge in [0.15, 0.2) is 0 Å². The first-order chi connectivity index (χ1) is 12.8. The Morgan fingerprint density at radius 2 is 2.04 bits per heavy atom. The second-order valence-electron chi connectivity index (χ2n) is 6.90. The summed E-state index contributed by atoms with van der Waals surface area (Å²) < 4.78 is 0. The smallest absolute Gasteiger partial charge is 0.255 e. The molecule has 0 aliphatic carbocycles. The van der Waals surface area contributed by atoms with E-state index in [0.717, 1.165) is 27.7 Å². The van der Waals surface area contributed by atoms with Crippen LogP contribution in [0.2, 0.25) is 0 Å². The van der Waals surface area contributed by atoms with Crippen LogP contribution in [0.5, 0.6) is 0 Å². The molecule has 0 spiro atoms. The Bertz CT molecular complexity index is 938. The zero-order chi connectivity index (χ0) is 19.7. The summed E-state index contributed by atoms with van der Waals surface area (Å²) in [6, 6.07) is 4.98. The summed E-state index contributed by atoms with van der Waals surface area (Å²) in [5.41, 5.74) is 3.90. The van der Waals surface area contributed by atoms with Crippen molar-refractivity contribution in [1.29, 1.82) is 0 Å². The minimum absolute atomic E-state index is 0.0614. The summed E-state index contributed by atoms with van der Waals surface area (Å²) in [6.07, 6.45) is -0.0614. The monoisotopic (exact) mass is 368 g/mol. The number of nitrogens with zero attached hydrogens (tertiary/aromatic N) is 2. The summed E-state index contributed by atoms with van der Waals surface area (Å²) in [5.74, 6) is -0.822. The number of hydrogen-bond acceptors (Lipinski definition) is 4. The molecule has 1 aromatic carbocycles. The maximum absolute atomic E-state index is 13.5. The van der Waals surface area contributed by atoms with Crippen molar-refractivity contribution in [2.24, 2.45) is 0 Å². The Kier molecular flexibility index (Phi) is 5.12. The van der Waals surface area contributed by atoms with Gasteiger partial charge in [-0.05, 0) is 38.5 Å². The average molecular weight is 368 g/mol. The lowest BCUT2D eigenvalue weighted by Crippen LogP contribution is -2.58. The summed E-state index contributed by atoms with van der Waals surface area (Å²) in [6.45, 7) is 6.44. The first-order valence-corrected chi connectivity index (χ1v) is 9.00. The van der Waals surface area contributed by atoms with E-state index in [1.54, 1.807) is 0 Å². The molecule has 3 rings (SSSR count). The van der Waals surface area contributed by atoms with E-state index in [1.807, 2.05) is 39.0 Å². The first kappa shape index (κ1) is 18.8. The SMILES string of the molecule is CNC(=O)C[C@H]1C(=O)NCCN1C(=O)c1c(C)c(C)nc2ccc(C)cc12. The van der Waals surface area contributed by atoms with Crippen molar-refractivity contribution < 1.29 is 14.4 Å². The molecule has 0 bridgehead atoms. The molecular weight excluding hydrogens is 344 g/mol. The van der Waals surface area contributed by atoms with Crippen molar-refractivity contribution in [3.05, 3.63) is 40.6 Å². The first-order valence-electron chi connectivity index (χ1n) is 9.00. The molecule has 1 saturated heterocycles. The van der Waals surface area contributed by atoms with Gasteiger partial charge in [0.2, 0.25) is 11.8 Å². The van der Waals surface area contributed by atoms with E-state index in [4.69, 9.17) is 0 Å². The topological polar surface area (TPSA) is 91.4 Å². The summed E-state index contributed by atoms with van der Waals surface area (Å²) >= 11 is 0. The Morgan fingerprint density at radius 1 is 1.30 bits per heavy atom. The summed E-state index contributed by atoms with van der Waals surface area (Å²) in [4.78, 5) is 43.8. The fourth-order valence-corrected chi connectivity index (χ4v) is 3.45. The van der Waals surface area contributed by atoms with Crippen LogP contribution in [-0.2, 0) is 9.59 Å². The second-order valence-corrected chi connectivity index (χ2v) is 6.90. The lowest BCUT2D eigenvalue weighted by atomic mass is 9.97. The number of hydrogen-bond donors (Lipinski definition) is 2. The number of amides is 3. The van der Waals surface area contributed by atoms with Gasteiger partial charge < -0.3 is 15.5 Å². The molecule has 27 heavy (non-hydrogen) atoms. The van der Waals surface area contributed by atoms with E-state index in [9.17, 15) is 14.4 Å². The van der Waals surface area contributed by atoms with Crippen LogP contribution in [0.4, 0.5) is 0 Å². The number of fused-ring (bicyclic) bond motifs is 1. The molecule has 0 saturated carbocycles. The highest BCUT2D eigenvalue weighted by Gasteiger charge is 2.36. The van der Waals surface area contributed by atoms with Crippen LogP contribution < -0.4 is 10.6 Å². The van der Waals surface area contributed by atoms with Crippen molar-refractivity contribution in [1.82, 2.24) is 20.5 Å². The van der Waals surface area contributed by atoms with Gasteiger partial charge in [0.25, 0.3) is 5.91 Å². The second kappa shape index (κ2) is 7.34. The highest BCUT2D eigenvalue weighted by molar-refractivity contribution is 6.09. The summed E-state index contributed by atoms with van der Waals surface area (Å²) in [5, 5.41) is 6.04. The van der Waals surface area contributed by atoms with Gasteiger partial charge in [-0.15, -0.1) is 0 Å². The van der Waals surface area contributed by atoms with E-state index in [2.05, 4.69) is 15.6 Å². The molecule has 1 aromatic heterocycles. The number of rotatable bonds is 3. The zero-order valence-electron chi connectivity index (χ0n) is 16.0. The minimum atomic E-state index is -0.820. The van der Waals surface area contributed by atoms with Crippen LogP contribution in [-0.4, -0.2) is 53.8 Å². The highest BCUT2D eigenvalue weighted by atomic mass is 16.2. The Hall–Kier alpha value is -2.96. The van der Waals surface area contributed by atoms with E-state index in [0.29, 0.717) is 18.7 Å². The molecule has 2 aromatic rings. The van der Waals surface area contributed by atoms with Gasteiger partial charge in [-0.2, -0.15) is 0 Å². The van der Waals surface area contributed by atoms with Crippen LogP contribution >= 0.6 is 0 Å². The van der Waals surface area contributed by atoms with E-state index < -0.39 is 6.04 Å². The van der Waals surface area contributed by atoms with Gasteiger partial charge in [0.05, 0.1) is 17.5 Å². The van der Waals surface area contributed by atoms with Crippen LogP contribution in [0.25, 0.3) is 10.9 Å². The molecule has 0 unspecified atom stereocenters. The fraction of sp³-hybridized carbons (Fsp3) is 0.400. The van der Waals surface area contributed by atoms with Crippen LogP contribution in [0.1, 0.15) is 33.6 Å². The van der Waals surface area contributed by atoms with Crippen molar-refractivity contribution in [2.45, 2.75) is 33.2 Å². The number of nitrogens with one attached hydrogen (secondary N) is 2. The number of aromatic nitrogens is 1. The molecule has 1 fully saturated rings. The van der Waals surface area contributed by atoms with Gasteiger partial charge in [0.1, 0.15) is 6.04 Å². The molecule has 3 amide bonds. The molecule has 0 radical (unpaired) electrons. The standard InChI is InChI=1S/C20H24N4O3/c1-11-5-6-15-14(9-11)18(12(2)13(3)23-15)20(27)24-8-7-22-19(26)16(24)10-17(25)21-4/h5-6,9,16H,7-8,10H2,1-4H3,(H,21,25)(H,22,26)/t16-/m0/s1. The normalized spacial score (nSPS) is 17.0. The van der Waals surface area contributed by atoms with Crippen molar-refractivity contribution in [3.63, 3.8) is 0 Å². The van der Waals surface area contributed by atoms with Crippen LogP contribution in [0.15, 0.2) is 18.2 Å². The van der Waals surface area contributed by atoms with Gasteiger partial charge in [-0.25, -0.2) is 0 Å². The number of aryl methyl sites for hydroxylation is 2. The maximum atomic E-state index is 13.5. The van der Waals surface area contributed by atoms with Crippen LogP contribution in [0, 0.1) is 20.8 Å². The largest absolute Gasteiger partial charge is 0.359 e. The van der Waals surface area contributed by atoms with Gasteiger partial charge >= 0.3 is 0 Å². The lowest BCUT2D eigenvalue weighted by Gasteiger charge is -2.35. The number of piperazine rings is 1. The van der Waals surface area contributed by atoms with Gasteiger partial charge in [-0.1, -0.05) is 11.6 Å². The maximum Gasteiger partial charge on any atom is 0.255 e. The van der Waals surface area contributed by atoms with E-state index >= 15 is 0 Å². The molecule has 7 nitrogen and oxygen atoms in total. The predicted molar refractivity (Wildman–Crippen MR) is 102 cm³/mol. The number of pyridine rings is 1. The third-order valence-electron chi connectivity index (χ3n) is 5.09. The third-order valence-corrected chi connectivity index (χ3v) is 5.09. The van der Waals surface area contributed by atoms with Crippen molar-refractivity contribution in [2.75, 3.05) is 20.1 Å². The average Bonchev–Trinajstić information content (AvgIpc) is 2.64. The van der Waals surface area contributed by atoms with Gasteiger partial charge in [-0.3, -0.25) is 19.4 Å². The highest BCUT2D eigenvalue weighted by Crippen LogP contribution is 2.27. The van der Waals surface area contributed by atoms with Crippen LogP contribution in [0.3, 0.4) is 0 Å². The molecule has 1 atom stereocenters. The lowest BCUT2D eigenvalue weighted by molar-refractivity contribution is -0.132. The summed E-state index contributed by atoms with van der Waals surface area (Å²) in [7, 11) is 1.52. The van der Waals surface area contributed by atoms with E-state index in [-0.39, 0.29) is 24.1 Å². The van der Waals surface area contributed by atoms with Crippen molar-refractivity contribution >= 4 is 28.6 Å². The predicted octanol–water partition coefficient (Wildman–Crippen LogP) is 1.24. The quantitative estimate of drug-likeness (QED) is 0.853. The Labute approximate surface area is 158 Å². The Morgan fingerprint density at radius 3 is 2.74 bits per heavy atom. The van der Waals surface area contributed by atoms with Crippen molar-refractivity contribution in [3.8, 4) is 0 Å². The third kappa shape index (κ3) is 3.49.